The van der Waals surface area contributed by atoms with E-state index in [-0.39, 0.29) is 42.7 Å². The third-order valence-corrected chi connectivity index (χ3v) is 9.16. The van der Waals surface area contributed by atoms with Gasteiger partial charge in [-0.25, -0.2) is 4.98 Å². The molecule has 2 aliphatic rings. The number of aryl methyl sites for hydroxylation is 1. The van der Waals surface area contributed by atoms with Crippen LogP contribution in [-0.2, 0) is 23.9 Å². The van der Waals surface area contributed by atoms with Crippen LogP contribution in [0.1, 0.15) is 77.4 Å². The summed E-state index contributed by atoms with van der Waals surface area (Å²) < 4.78 is 11.0. The second-order valence-corrected chi connectivity index (χ2v) is 12.8. The Hall–Kier alpha value is -2.14. The number of carbonyl (C=O) groups is 3. The lowest BCUT2D eigenvalue weighted by Gasteiger charge is -2.34. The van der Waals surface area contributed by atoms with Crippen molar-refractivity contribution in [1.82, 2.24) is 9.88 Å². The molecule has 2 saturated heterocycles. The lowest BCUT2D eigenvalue weighted by molar-refractivity contribution is -0.154. The van der Waals surface area contributed by atoms with Gasteiger partial charge in [-0.15, -0.1) is 11.3 Å². The van der Waals surface area contributed by atoms with Crippen molar-refractivity contribution in [3.05, 3.63) is 21.7 Å². The Morgan fingerprint density at radius 2 is 1.95 bits per heavy atom. The summed E-state index contributed by atoms with van der Waals surface area (Å²) in [6, 6.07) is -0.148. The van der Waals surface area contributed by atoms with E-state index in [1.807, 2.05) is 32.2 Å². The molecule has 10 heteroatoms. The molecule has 2 N–H and O–H groups in total. The van der Waals surface area contributed by atoms with Gasteiger partial charge in [-0.3, -0.25) is 14.4 Å². The summed E-state index contributed by atoms with van der Waals surface area (Å²) in [6.45, 7) is 10.6. The minimum atomic E-state index is -1.28. The van der Waals surface area contributed by atoms with Crippen molar-refractivity contribution in [2.45, 2.75) is 104 Å². The molecule has 0 bridgehead atoms. The van der Waals surface area contributed by atoms with Crippen LogP contribution < -0.4 is 0 Å². The molecule has 1 amide bonds. The third kappa shape index (κ3) is 7.54. The van der Waals surface area contributed by atoms with Gasteiger partial charge in [0, 0.05) is 24.8 Å². The van der Waals surface area contributed by atoms with Crippen molar-refractivity contribution in [1.29, 1.82) is 0 Å². The predicted octanol–water partition coefficient (Wildman–Crippen LogP) is 3.55. The zero-order valence-corrected chi connectivity index (χ0v) is 25.0. The summed E-state index contributed by atoms with van der Waals surface area (Å²) in [5, 5.41) is 24.7. The van der Waals surface area contributed by atoms with E-state index in [4.69, 9.17) is 9.47 Å². The monoisotopic (exact) mass is 564 g/mol. The molecule has 218 valence electrons. The van der Waals surface area contributed by atoms with E-state index in [0.29, 0.717) is 12.8 Å². The number of esters is 1. The molecule has 3 rings (SSSR count). The van der Waals surface area contributed by atoms with Crippen molar-refractivity contribution >= 4 is 35.1 Å². The predicted molar refractivity (Wildman–Crippen MR) is 149 cm³/mol. The Morgan fingerprint density at radius 1 is 1.26 bits per heavy atom. The highest BCUT2D eigenvalue weighted by molar-refractivity contribution is 7.09. The van der Waals surface area contributed by atoms with Gasteiger partial charge in [0.15, 0.2) is 0 Å². The lowest BCUT2D eigenvalue weighted by Crippen LogP contribution is -2.45. The number of carbonyl (C=O) groups excluding carboxylic acids is 3. The Kier molecular flexibility index (Phi) is 10.5. The van der Waals surface area contributed by atoms with Crippen LogP contribution in [0.2, 0.25) is 0 Å². The Morgan fingerprint density at radius 3 is 2.56 bits per heavy atom. The highest BCUT2D eigenvalue weighted by atomic mass is 32.1. The number of Topliss-reactive ketones (excluding diaryl/α,β-unsaturated/α-hetero) is 1. The normalized spacial score (nSPS) is 32.9. The van der Waals surface area contributed by atoms with Crippen LogP contribution in [0.3, 0.4) is 0 Å². The van der Waals surface area contributed by atoms with Gasteiger partial charge in [-0.1, -0.05) is 34.1 Å². The van der Waals surface area contributed by atoms with Crippen LogP contribution in [0.5, 0.6) is 0 Å². The standard InChI is InChI=1S/C29H44N2O7S/c1-16-9-8-10-21-22(31(21)25(33)14-37-7)12-23(17(2)11-20-15-39-19(4)30-20)38-26(34)13-24(32)29(5,6)28(36)18(3)27(16)35/h11,15-16,18,21-24,27,32,35H,8-10,12-14H2,1-7H3/t16-,18+,21+,22-,23-,24-,27-,31?/m0/s1. The zero-order valence-electron chi connectivity index (χ0n) is 24.2. The van der Waals surface area contributed by atoms with Crippen LogP contribution in [-0.4, -0.2) is 81.9 Å². The molecule has 9 nitrogen and oxygen atoms in total. The molecular weight excluding hydrogens is 520 g/mol. The molecule has 7 atom stereocenters. The average molecular weight is 565 g/mol. The second kappa shape index (κ2) is 13.0. The molecule has 1 aromatic heterocycles. The lowest BCUT2D eigenvalue weighted by atomic mass is 9.73. The molecule has 0 radical (unpaired) electrons. The number of aliphatic hydroxyl groups excluding tert-OH is 2. The number of ether oxygens (including phenoxy) is 2. The molecule has 0 unspecified atom stereocenters. The molecule has 3 heterocycles. The Bertz CT molecular complexity index is 1070. The fourth-order valence-electron chi connectivity index (χ4n) is 5.66. The maximum atomic E-state index is 13.3. The number of aromatic nitrogens is 1. The molecule has 0 aromatic carbocycles. The first-order valence-corrected chi connectivity index (χ1v) is 14.7. The maximum Gasteiger partial charge on any atom is 0.309 e. The van der Waals surface area contributed by atoms with E-state index in [2.05, 4.69) is 4.98 Å². The summed E-state index contributed by atoms with van der Waals surface area (Å²) in [7, 11) is 1.48. The van der Waals surface area contributed by atoms with Crippen LogP contribution in [0.15, 0.2) is 11.0 Å². The van der Waals surface area contributed by atoms with Gasteiger partial charge < -0.3 is 24.6 Å². The molecule has 0 saturated carbocycles. The number of ketones is 1. The minimum Gasteiger partial charge on any atom is -0.458 e. The number of methoxy groups -OCH3 is 1. The smallest absolute Gasteiger partial charge is 0.309 e. The van der Waals surface area contributed by atoms with Crippen LogP contribution in [0.4, 0.5) is 0 Å². The molecule has 0 aliphatic carbocycles. The topological polar surface area (TPSA) is 126 Å². The summed E-state index contributed by atoms with van der Waals surface area (Å²) in [4.78, 5) is 45.5. The van der Waals surface area contributed by atoms with Gasteiger partial charge >= 0.3 is 5.97 Å². The largest absolute Gasteiger partial charge is 0.458 e. The van der Waals surface area contributed by atoms with E-state index < -0.39 is 35.6 Å². The highest BCUT2D eigenvalue weighted by Crippen LogP contribution is 2.39. The van der Waals surface area contributed by atoms with Crippen molar-refractivity contribution in [2.75, 3.05) is 13.7 Å². The van der Waals surface area contributed by atoms with Crippen molar-refractivity contribution in [3.63, 3.8) is 0 Å². The van der Waals surface area contributed by atoms with E-state index in [1.54, 1.807) is 25.7 Å². The number of cyclic esters (lactones) is 1. The zero-order chi connectivity index (χ0) is 29.1. The van der Waals surface area contributed by atoms with E-state index in [9.17, 15) is 24.6 Å². The van der Waals surface area contributed by atoms with E-state index >= 15 is 0 Å². The van der Waals surface area contributed by atoms with Gasteiger partial charge in [-0.05, 0) is 44.3 Å². The van der Waals surface area contributed by atoms with Crippen molar-refractivity contribution < 1.29 is 34.1 Å². The second-order valence-electron chi connectivity index (χ2n) is 11.8. The van der Waals surface area contributed by atoms with Gasteiger partial charge in [-0.2, -0.15) is 0 Å². The number of aliphatic hydroxyl groups is 2. The first-order chi connectivity index (χ1) is 18.3. The molecule has 39 heavy (non-hydrogen) atoms. The summed E-state index contributed by atoms with van der Waals surface area (Å²) in [5.74, 6) is -1.89. The number of fused-ring (bicyclic) bond motifs is 1. The fraction of sp³-hybridized carbons (Fsp3) is 0.724. The highest BCUT2D eigenvalue weighted by Gasteiger charge is 2.51. The number of hydrogen-bond donors (Lipinski definition) is 2. The SMILES string of the molecule is COCC(=O)N1[C@@H]2CCC[C@H](C)[C@H](O)[C@@H](C)C(=O)C(C)(C)[C@@H](O)CC(=O)O[C@H](C(C)=Cc3csc(C)n3)C[C@@H]21. The third-order valence-electron chi connectivity index (χ3n) is 8.37. The molecule has 2 aliphatic heterocycles. The maximum absolute atomic E-state index is 13.3. The van der Waals surface area contributed by atoms with Gasteiger partial charge in [0.25, 0.3) is 0 Å². The molecular formula is C29H44N2O7S. The molecule has 1 aromatic rings. The average Bonchev–Trinajstić information content (AvgIpc) is 3.39. The Balaban J connectivity index is 1.92. The van der Waals surface area contributed by atoms with Crippen molar-refractivity contribution in [2.24, 2.45) is 17.3 Å². The first-order valence-electron chi connectivity index (χ1n) is 13.8. The van der Waals surface area contributed by atoms with Crippen LogP contribution in [0, 0.1) is 24.2 Å². The molecule has 2 fully saturated rings. The number of rotatable bonds is 4. The number of amides is 1. The quantitative estimate of drug-likeness (QED) is 0.420. The first kappa shape index (κ1) is 31.4. The van der Waals surface area contributed by atoms with Gasteiger partial charge in [0.05, 0.1) is 46.8 Å². The van der Waals surface area contributed by atoms with Gasteiger partial charge in [0.2, 0.25) is 5.91 Å². The summed E-state index contributed by atoms with van der Waals surface area (Å²) in [5.41, 5.74) is 0.306. The number of hydrogen-bond acceptors (Lipinski definition) is 9. The van der Waals surface area contributed by atoms with Crippen LogP contribution in [0.25, 0.3) is 6.08 Å². The fourth-order valence-corrected chi connectivity index (χ4v) is 6.23. The minimum absolute atomic E-state index is 0.0241. The summed E-state index contributed by atoms with van der Waals surface area (Å²) in [6.07, 6.45) is 1.32. The van der Waals surface area contributed by atoms with E-state index in [0.717, 1.165) is 29.1 Å². The number of thiazole rings is 1. The summed E-state index contributed by atoms with van der Waals surface area (Å²) >= 11 is 1.53. The Labute approximate surface area is 235 Å². The van der Waals surface area contributed by atoms with E-state index in [1.165, 1.54) is 18.4 Å². The van der Waals surface area contributed by atoms with Gasteiger partial charge in [0.1, 0.15) is 18.5 Å². The van der Waals surface area contributed by atoms with Crippen LogP contribution >= 0.6 is 11.3 Å². The molecule has 0 spiro atoms. The van der Waals surface area contributed by atoms with Crippen molar-refractivity contribution in [3.8, 4) is 0 Å². The number of nitrogens with zero attached hydrogens (tertiary/aromatic N) is 2.